The van der Waals surface area contributed by atoms with Crippen LogP contribution in [-0.2, 0) is 11.2 Å². The van der Waals surface area contributed by atoms with E-state index in [1.165, 1.54) is 11.6 Å². The molecular formula is C17H15ClN2O. The van der Waals surface area contributed by atoms with Gasteiger partial charge in [0, 0.05) is 24.0 Å². The molecule has 0 aliphatic carbocycles. The average molecular weight is 299 g/mol. The summed E-state index contributed by atoms with van der Waals surface area (Å²) in [5.74, 6) is 0. The number of aromatic nitrogens is 1. The minimum Gasteiger partial charge on any atom is -0.364 e. The van der Waals surface area contributed by atoms with Crippen LogP contribution < -0.4 is 0 Å². The summed E-state index contributed by atoms with van der Waals surface area (Å²) in [6.07, 6.45) is 6.86. The van der Waals surface area contributed by atoms with Crippen LogP contribution in [0.5, 0.6) is 0 Å². The summed E-state index contributed by atoms with van der Waals surface area (Å²) in [6.45, 7) is 0.847. The van der Waals surface area contributed by atoms with Crippen molar-refractivity contribution in [3.05, 3.63) is 76.7 Å². The zero-order valence-corrected chi connectivity index (χ0v) is 12.2. The Labute approximate surface area is 128 Å². The summed E-state index contributed by atoms with van der Waals surface area (Å²) < 4.78 is 0. The molecule has 1 unspecified atom stereocenters. The van der Waals surface area contributed by atoms with E-state index in [0.717, 1.165) is 35.5 Å². The van der Waals surface area contributed by atoms with Crippen LogP contribution in [0.25, 0.3) is 0 Å². The molecule has 0 radical (unpaired) electrons. The van der Waals surface area contributed by atoms with E-state index in [4.69, 9.17) is 11.6 Å². The van der Waals surface area contributed by atoms with Gasteiger partial charge in [-0.1, -0.05) is 23.7 Å². The van der Waals surface area contributed by atoms with Crippen molar-refractivity contribution in [1.82, 2.24) is 9.88 Å². The van der Waals surface area contributed by atoms with E-state index in [9.17, 15) is 4.79 Å². The minimum atomic E-state index is -0.00940. The van der Waals surface area contributed by atoms with E-state index in [1.54, 1.807) is 6.20 Å². The predicted molar refractivity (Wildman–Crippen MR) is 83.1 cm³/mol. The molecule has 2 heterocycles. The molecule has 106 valence electrons. The molecule has 0 amide bonds. The number of halogens is 1. The number of carbonyl (C=O) groups excluding carboxylic acids is 1. The normalized spacial score (nSPS) is 17.8. The van der Waals surface area contributed by atoms with Crippen LogP contribution in [0, 0.1) is 0 Å². The molecule has 0 spiro atoms. The van der Waals surface area contributed by atoms with Crippen molar-refractivity contribution in [1.29, 1.82) is 0 Å². The van der Waals surface area contributed by atoms with Crippen molar-refractivity contribution in [2.75, 3.05) is 6.54 Å². The first-order valence-electron chi connectivity index (χ1n) is 6.86. The zero-order valence-electron chi connectivity index (χ0n) is 11.4. The summed E-state index contributed by atoms with van der Waals surface area (Å²) in [7, 11) is 0. The maximum atomic E-state index is 10.6. The lowest BCUT2D eigenvalue weighted by molar-refractivity contribution is -0.104. The first-order chi connectivity index (χ1) is 10.3. The molecule has 2 aromatic rings. The van der Waals surface area contributed by atoms with Crippen molar-refractivity contribution in [2.24, 2.45) is 0 Å². The van der Waals surface area contributed by atoms with Gasteiger partial charge in [0.25, 0.3) is 0 Å². The minimum absolute atomic E-state index is 0.00940. The summed E-state index contributed by atoms with van der Waals surface area (Å²) in [5.41, 5.74) is 3.39. The Balaban J connectivity index is 2.10. The van der Waals surface area contributed by atoms with Gasteiger partial charge in [0.1, 0.15) is 6.29 Å². The van der Waals surface area contributed by atoms with Crippen molar-refractivity contribution < 1.29 is 4.79 Å². The molecule has 1 atom stereocenters. The maximum absolute atomic E-state index is 10.6. The van der Waals surface area contributed by atoms with E-state index in [2.05, 4.69) is 16.0 Å². The standard InChI is InChI=1S/C17H15ClN2O/c18-14-6-5-13-7-10-20(9-3-11-21)17(15(13)12-14)16-4-1-2-8-19-16/h1-6,8-9,11-12,17H,7,10H2. The lowest BCUT2D eigenvalue weighted by atomic mass is 9.90. The first-order valence-corrected chi connectivity index (χ1v) is 7.24. The molecule has 1 aromatic carbocycles. The van der Waals surface area contributed by atoms with Gasteiger partial charge in [0.05, 0.1) is 11.7 Å². The number of aldehydes is 1. The van der Waals surface area contributed by atoms with E-state index in [0.29, 0.717) is 0 Å². The van der Waals surface area contributed by atoms with Crippen molar-refractivity contribution >= 4 is 17.9 Å². The Morgan fingerprint density at radius 1 is 1.29 bits per heavy atom. The van der Waals surface area contributed by atoms with Gasteiger partial charge in [0.15, 0.2) is 0 Å². The van der Waals surface area contributed by atoms with Crippen molar-refractivity contribution in [3.63, 3.8) is 0 Å². The molecule has 3 nitrogen and oxygen atoms in total. The molecule has 0 bridgehead atoms. The van der Waals surface area contributed by atoms with E-state index >= 15 is 0 Å². The summed E-state index contributed by atoms with van der Waals surface area (Å²) >= 11 is 6.17. The second-order valence-corrected chi connectivity index (χ2v) is 5.40. The summed E-state index contributed by atoms with van der Waals surface area (Å²) in [5, 5.41) is 0.718. The quantitative estimate of drug-likeness (QED) is 0.643. The largest absolute Gasteiger partial charge is 0.364 e. The van der Waals surface area contributed by atoms with Gasteiger partial charge < -0.3 is 4.90 Å². The summed E-state index contributed by atoms with van der Waals surface area (Å²) in [6, 6.07) is 11.9. The van der Waals surface area contributed by atoms with Gasteiger partial charge >= 0.3 is 0 Å². The molecule has 1 aliphatic rings. The second-order valence-electron chi connectivity index (χ2n) is 4.97. The van der Waals surface area contributed by atoms with Gasteiger partial charge in [-0.3, -0.25) is 9.78 Å². The monoisotopic (exact) mass is 298 g/mol. The van der Waals surface area contributed by atoms with Gasteiger partial charge in [-0.05, 0) is 47.9 Å². The number of rotatable bonds is 3. The average Bonchev–Trinajstić information content (AvgIpc) is 2.53. The maximum Gasteiger partial charge on any atom is 0.144 e. The van der Waals surface area contributed by atoms with Crippen LogP contribution in [0.3, 0.4) is 0 Å². The van der Waals surface area contributed by atoms with Gasteiger partial charge in [-0.15, -0.1) is 0 Å². The van der Waals surface area contributed by atoms with Crippen LogP contribution in [-0.4, -0.2) is 22.7 Å². The Bertz CT molecular complexity index is 670. The van der Waals surface area contributed by atoms with Crippen LogP contribution in [0.15, 0.2) is 54.9 Å². The lowest BCUT2D eigenvalue weighted by Crippen LogP contribution is -2.32. The third-order valence-corrected chi connectivity index (χ3v) is 3.93. The van der Waals surface area contributed by atoms with Gasteiger partial charge in [-0.25, -0.2) is 0 Å². The molecule has 0 saturated carbocycles. The van der Waals surface area contributed by atoms with Crippen molar-refractivity contribution in [2.45, 2.75) is 12.5 Å². The number of nitrogens with zero attached hydrogens (tertiary/aromatic N) is 2. The van der Waals surface area contributed by atoms with Crippen LogP contribution in [0.1, 0.15) is 22.9 Å². The molecule has 0 saturated heterocycles. The second kappa shape index (κ2) is 6.10. The SMILES string of the molecule is O=CC=CN1CCc2ccc(Cl)cc2C1c1ccccn1. The Morgan fingerprint density at radius 2 is 2.19 bits per heavy atom. The Hall–Kier alpha value is -2.13. The van der Waals surface area contributed by atoms with Gasteiger partial charge in [-0.2, -0.15) is 0 Å². The third-order valence-electron chi connectivity index (χ3n) is 3.70. The lowest BCUT2D eigenvalue weighted by Gasteiger charge is -2.36. The molecule has 21 heavy (non-hydrogen) atoms. The van der Waals surface area contributed by atoms with Crippen molar-refractivity contribution in [3.8, 4) is 0 Å². The molecule has 1 aliphatic heterocycles. The fraction of sp³-hybridized carbons (Fsp3) is 0.176. The number of allylic oxidation sites excluding steroid dienone is 1. The van der Waals surface area contributed by atoms with Gasteiger partial charge in [0.2, 0.25) is 0 Å². The molecule has 0 N–H and O–H groups in total. The number of hydrogen-bond acceptors (Lipinski definition) is 3. The summed E-state index contributed by atoms with van der Waals surface area (Å²) in [4.78, 5) is 17.3. The predicted octanol–water partition coefficient (Wildman–Crippen LogP) is 3.40. The molecular weight excluding hydrogens is 284 g/mol. The highest BCUT2D eigenvalue weighted by molar-refractivity contribution is 6.30. The van der Waals surface area contributed by atoms with E-state index < -0.39 is 0 Å². The smallest absolute Gasteiger partial charge is 0.144 e. The van der Waals surface area contributed by atoms with Crippen LogP contribution in [0.2, 0.25) is 5.02 Å². The number of fused-ring (bicyclic) bond motifs is 1. The molecule has 1 aromatic heterocycles. The fourth-order valence-electron chi connectivity index (χ4n) is 2.78. The topological polar surface area (TPSA) is 33.2 Å². The Kier molecular flexibility index (Phi) is 4.02. The Morgan fingerprint density at radius 3 is 2.95 bits per heavy atom. The molecule has 4 heteroatoms. The van der Waals surface area contributed by atoms with E-state index in [-0.39, 0.29) is 6.04 Å². The highest BCUT2D eigenvalue weighted by Crippen LogP contribution is 2.35. The highest BCUT2D eigenvalue weighted by atomic mass is 35.5. The van der Waals surface area contributed by atoms with Crippen LogP contribution in [0.4, 0.5) is 0 Å². The van der Waals surface area contributed by atoms with E-state index in [1.807, 2.05) is 36.5 Å². The highest BCUT2D eigenvalue weighted by Gasteiger charge is 2.27. The van der Waals surface area contributed by atoms with Crippen LogP contribution >= 0.6 is 11.6 Å². The number of benzene rings is 1. The first kappa shape index (κ1) is 13.8. The fourth-order valence-corrected chi connectivity index (χ4v) is 2.96. The number of carbonyl (C=O) groups is 1. The zero-order chi connectivity index (χ0) is 14.7. The number of pyridine rings is 1. The molecule has 3 rings (SSSR count). The number of hydrogen-bond donors (Lipinski definition) is 0. The third kappa shape index (κ3) is 2.83. The molecule has 0 fully saturated rings.